The first-order valence-electron chi connectivity index (χ1n) is 2.62. The average molecular weight is 126 g/mol. The summed E-state index contributed by atoms with van der Waals surface area (Å²) in [4.78, 5) is 21.1. The summed E-state index contributed by atoms with van der Waals surface area (Å²) in [6, 6.07) is 0. The number of hydrogen-bond donors (Lipinski definition) is 0. The van der Waals surface area contributed by atoms with Gasteiger partial charge in [-0.2, -0.15) is 0 Å². The number of carbonyl (C=O) groups is 2. The van der Waals surface area contributed by atoms with Crippen LogP contribution in [-0.2, 0) is 14.3 Å². The van der Waals surface area contributed by atoms with Crippen LogP contribution in [0, 0.1) is 0 Å². The maximum absolute atomic E-state index is 10.6. The largest absolute Gasteiger partial charge is 0.490 e. The van der Waals surface area contributed by atoms with Crippen molar-refractivity contribution in [1.29, 1.82) is 0 Å². The smallest absolute Gasteiger partial charge is 0.242 e. The van der Waals surface area contributed by atoms with Gasteiger partial charge in [-0.25, -0.2) is 0 Å². The lowest BCUT2D eigenvalue weighted by molar-refractivity contribution is -0.140. The second kappa shape index (κ2) is 2.01. The second-order valence-electron chi connectivity index (χ2n) is 1.81. The number of hydrogen-bond acceptors (Lipinski definition) is 3. The van der Waals surface area contributed by atoms with Gasteiger partial charge in [0.15, 0.2) is 6.10 Å². The molecular weight excluding hydrogens is 120 g/mol. The average Bonchev–Trinajstić information content (AvgIpc) is 1.83. The van der Waals surface area contributed by atoms with Gasteiger partial charge in [0, 0.05) is 6.08 Å². The van der Waals surface area contributed by atoms with Gasteiger partial charge in [-0.05, 0) is 6.92 Å². The molecule has 0 unspecified atom stereocenters. The molecular formula is C6H6O3. The molecule has 0 aromatic heterocycles. The molecule has 0 aromatic rings. The van der Waals surface area contributed by atoms with Crippen LogP contribution in [0.2, 0.25) is 0 Å². The summed E-state index contributed by atoms with van der Waals surface area (Å²) in [7, 11) is 0. The van der Waals surface area contributed by atoms with Crippen LogP contribution in [-0.4, -0.2) is 17.7 Å². The zero-order chi connectivity index (χ0) is 6.85. The van der Waals surface area contributed by atoms with Gasteiger partial charge in [-0.3, -0.25) is 9.59 Å². The molecule has 9 heavy (non-hydrogen) atoms. The SMILES string of the molecule is C[C@@H]1OC=CC(=O)C1=O. The molecule has 3 heteroatoms. The van der Waals surface area contributed by atoms with E-state index in [4.69, 9.17) is 4.74 Å². The molecule has 1 aliphatic heterocycles. The molecule has 1 aliphatic rings. The maximum atomic E-state index is 10.6. The molecule has 1 rings (SSSR count). The van der Waals surface area contributed by atoms with E-state index in [9.17, 15) is 9.59 Å². The van der Waals surface area contributed by atoms with Crippen molar-refractivity contribution in [3.8, 4) is 0 Å². The van der Waals surface area contributed by atoms with Crippen LogP contribution >= 0.6 is 0 Å². The number of Topliss-reactive ketones (excluding diaryl/α,β-unsaturated/α-hetero) is 1. The van der Waals surface area contributed by atoms with Gasteiger partial charge in [0.2, 0.25) is 11.6 Å². The standard InChI is InChI=1S/C6H6O3/c1-4-6(8)5(7)2-3-9-4/h2-4H,1H3/t4-/m0/s1. The normalized spacial score (nSPS) is 26.1. The van der Waals surface area contributed by atoms with E-state index in [1.165, 1.54) is 6.26 Å². The van der Waals surface area contributed by atoms with Gasteiger partial charge in [-0.1, -0.05) is 0 Å². The fourth-order valence-electron chi connectivity index (χ4n) is 0.563. The van der Waals surface area contributed by atoms with Crippen LogP contribution in [0.25, 0.3) is 0 Å². The molecule has 0 saturated heterocycles. The molecule has 0 aliphatic carbocycles. The first-order valence-corrected chi connectivity index (χ1v) is 2.62. The lowest BCUT2D eigenvalue weighted by Crippen LogP contribution is -2.28. The molecule has 3 nitrogen and oxygen atoms in total. The monoisotopic (exact) mass is 126 g/mol. The van der Waals surface area contributed by atoms with Crippen LogP contribution in [0.15, 0.2) is 12.3 Å². The van der Waals surface area contributed by atoms with Crippen molar-refractivity contribution in [2.24, 2.45) is 0 Å². The zero-order valence-electron chi connectivity index (χ0n) is 4.96. The van der Waals surface area contributed by atoms with E-state index < -0.39 is 17.7 Å². The van der Waals surface area contributed by atoms with Crippen molar-refractivity contribution in [1.82, 2.24) is 0 Å². The van der Waals surface area contributed by atoms with E-state index in [2.05, 4.69) is 0 Å². The Morgan fingerprint density at radius 2 is 2.22 bits per heavy atom. The molecule has 0 fully saturated rings. The van der Waals surface area contributed by atoms with Gasteiger partial charge in [0.1, 0.15) is 0 Å². The van der Waals surface area contributed by atoms with Crippen LogP contribution in [0.3, 0.4) is 0 Å². The predicted octanol–water partition coefficient (Wildman–Crippen LogP) is 0.0570. The summed E-state index contributed by atoms with van der Waals surface area (Å²) in [6.45, 7) is 1.55. The molecule has 0 amide bonds. The summed E-state index contributed by atoms with van der Waals surface area (Å²) in [6.07, 6.45) is 1.78. The maximum Gasteiger partial charge on any atom is 0.242 e. The summed E-state index contributed by atoms with van der Waals surface area (Å²) < 4.78 is 4.71. The number of allylic oxidation sites excluding steroid dienone is 1. The molecule has 0 bridgehead atoms. The fraction of sp³-hybridized carbons (Fsp3) is 0.333. The molecule has 0 spiro atoms. The Balaban J connectivity index is 2.81. The van der Waals surface area contributed by atoms with Crippen molar-refractivity contribution in [2.75, 3.05) is 0 Å². The minimum atomic E-state index is -0.595. The van der Waals surface area contributed by atoms with Gasteiger partial charge in [0.25, 0.3) is 0 Å². The molecule has 0 aromatic carbocycles. The first kappa shape index (κ1) is 6.01. The summed E-state index contributed by atoms with van der Waals surface area (Å²) in [5.41, 5.74) is 0. The Kier molecular flexibility index (Phi) is 1.34. The number of ether oxygens (including phenoxy) is 1. The topological polar surface area (TPSA) is 43.4 Å². The predicted molar refractivity (Wildman–Crippen MR) is 29.7 cm³/mol. The Morgan fingerprint density at radius 3 is 2.67 bits per heavy atom. The van der Waals surface area contributed by atoms with Gasteiger partial charge in [0.05, 0.1) is 6.26 Å². The van der Waals surface area contributed by atoms with Crippen molar-refractivity contribution in [3.63, 3.8) is 0 Å². The van der Waals surface area contributed by atoms with Crippen molar-refractivity contribution in [2.45, 2.75) is 13.0 Å². The van der Waals surface area contributed by atoms with E-state index in [0.717, 1.165) is 6.08 Å². The Labute approximate surface area is 52.3 Å². The van der Waals surface area contributed by atoms with Gasteiger partial charge >= 0.3 is 0 Å². The number of ketones is 2. The molecule has 0 saturated carbocycles. The highest BCUT2D eigenvalue weighted by molar-refractivity contribution is 6.43. The first-order chi connectivity index (χ1) is 4.22. The van der Waals surface area contributed by atoms with E-state index in [0.29, 0.717) is 0 Å². The highest BCUT2D eigenvalue weighted by Gasteiger charge is 2.22. The summed E-state index contributed by atoms with van der Waals surface area (Å²) >= 11 is 0. The van der Waals surface area contributed by atoms with E-state index >= 15 is 0 Å². The summed E-state index contributed by atoms with van der Waals surface area (Å²) in [5.74, 6) is -0.953. The minimum Gasteiger partial charge on any atom is -0.490 e. The van der Waals surface area contributed by atoms with Gasteiger partial charge in [-0.15, -0.1) is 0 Å². The lowest BCUT2D eigenvalue weighted by Gasteiger charge is -2.10. The second-order valence-corrected chi connectivity index (χ2v) is 1.81. The molecule has 1 heterocycles. The third-order valence-electron chi connectivity index (χ3n) is 1.11. The van der Waals surface area contributed by atoms with E-state index in [-0.39, 0.29) is 0 Å². The number of rotatable bonds is 0. The third kappa shape index (κ3) is 0.988. The zero-order valence-corrected chi connectivity index (χ0v) is 4.96. The minimum absolute atomic E-state index is 0.475. The van der Waals surface area contributed by atoms with E-state index in [1.54, 1.807) is 6.92 Å². The Hall–Kier alpha value is -1.12. The molecule has 0 radical (unpaired) electrons. The van der Waals surface area contributed by atoms with E-state index in [1.807, 2.05) is 0 Å². The third-order valence-corrected chi connectivity index (χ3v) is 1.11. The van der Waals surface area contributed by atoms with Crippen LogP contribution in [0.5, 0.6) is 0 Å². The Bertz CT molecular complexity index is 181. The van der Waals surface area contributed by atoms with Crippen LogP contribution in [0.4, 0.5) is 0 Å². The van der Waals surface area contributed by atoms with Crippen molar-refractivity contribution in [3.05, 3.63) is 12.3 Å². The number of carbonyl (C=O) groups excluding carboxylic acids is 2. The van der Waals surface area contributed by atoms with Crippen molar-refractivity contribution < 1.29 is 14.3 Å². The molecule has 48 valence electrons. The lowest BCUT2D eigenvalue weighted by atomic mass is 10.1. The van der Waals surface area contributed by atoms with Crippen molar-refractivity contribution >= 4 is 11.6 Å². The summed E-state index contributed by atoms with van der Waals surface area (Å²) in [5, 5.41) is 0. The van der Waals surface area contributed by atoms with Crippen LogP contribution < -0.4 is 0 Å². The highest BCUT2D eigenvalue weighted by Crippen LogP contribution is 2.01. The fourth-order valence-corrected chi connectivity index (χ4v) is 0.563. The molecule has 0 N–H and O–H groups in total. The highest BCUT2D eigenvalue weighted by atomic mass is 16.5. The van der Waals surface area contributed by atoms with Crippen LogP contribution in [0.1, 0.15) is 6.92 Å². The Morgan fingerprint density at radius 1 is 1.56 bits per heavy atom. The van der Waals surface area contributed by atoms with Gasteiger partial charge < -0.3 is 4.74 Å². The molecule has 1 atom stereocenters. The quantitative estimate of drug-likeness (QED) is 0.431.